The van der Waals surface area contributed by atoms with Gasteiger partial charge in [0.05, 0.1) is 11.2 Å². The van der Waals surface area contributed by atoms with Crippen LogP contribution in [-0.4, -0.2) is 4.57 Å². The first kappa shape index (κ1) is 22.7. The second kappa shape index (κ2) is 8.46. The van der Waals surface area contributed by atoms with Crippen molar-refractivity contribution in [3.63, 3.8) is 0 Å². The summed E-state index contributed by atoms with van der Waals surface area (Å²) in [5.41, 5.74) is 7.18. The Morgan fingerprint density at radius 3 is 2.32 bits per heavy atom. The van der Waals surface area contributed by atoms with Crippen molar-refractivity contribution >= 4 is 49.3 Å². The topological polar surface area (TPSA) is 18.1 Å². The number of allylic oxidation sites excluding steroid dienone is 1. The molecule has 1 aliphatic carbocycles. The van der Waals surface area contributed by atoms with Crippen LogP contribution in [0.5, 0.6) is 0 Å². The van der Waals surface area contributed by atoms with Crippen molar-refractivity contribution < 1.29 is 4.42 Å². The molecule has 0 fully saturated rings. The molecular formula is C39H27NO. The molecule has 9 rings (SSSR count). The molecule has 0 saturated heterocycles. The number of aromatic nitrogens is 1. The van der Waals surface area contributed by atoms with Crippen LogP contribution in [-0.2, 0) is 6.42 Å². The molecular weight excluding hydrogens is 498 g/mol. The standard InChI is InChI=1S/C39H27NO/c1-24-11-12-27-23-37(41-36(27)19-24)32-17-15-25-13-14-28-20-30(21-29-16-18-33(32)39(25)38(28)29)35-22-26-7-5-6-10-34(26)40(35)31-8-3-2-4-9-31/h2-18,20-24H,19H2,1H3. The number of hydrogen-bond acceptors (Lipinski definition) is 1. The Morgan fingerprint density at radius 2 is 1.44 bits per heavy atom. The number of fused-ring (bicyclic) bond motifs is 2. The molecule has 1 aliphatic rings. The number of hydrogen-bond donors (Lipinski definition) is 0. The zero-order valence-electron chi connectivity index (χ0n) is 22.8. The fourth-order valence-corrected chi connectivity index (χ4v) is 6.91. The highest BCUT2D eigenvalue weighted by Gasteiger charge is 2.20. The van der Waals surface area contributed by atoms with Gasteiger partial charge in [-0.3, -0.25) is 0 Å². The molecule has 1 unspecified atom stereocenters. The van der Waals surface area contributed by atoms with Crippen molar-refractivity contribution in [1.82, 2.24) is 4.57 Å². The lowest BCUT2D eigenvalue weighted by atomic mass is 9.90. The van der Waals surface area contributed by atoms with E-state index in [1.807, 2.05) is 0 Å². The van der Waals surface area contributed by atoms with E-state index in [0.29, 0.717) is 5.92 Å². The van der Waals surface area contributed by atoms with Gasteiger partial charge in [0.25, 0.3) is 0 Å². The third kappa shape index (κ3) is 3.37. The van der Waals surface area contributed by atoms with Gasteiger partial charge < -0.3 is 8.98 Å². The summed E-state index contributed by atoms with van der Waals surface area (Å²) in [7, 11) is 0. The van der Waals surface area contributed by atoms with Crippen molar-refractivity contribution in [2.75, 3.05) is 0 Å². The van der Waals surface area contributed by atoms with Crippen molar-refractivity contribution in [2.24, 2.45) is 5.92 Å². The molecule has 8 aromatic rings. The molecule has 1 atom stereocenters. The number of rotatable bonds is 3. The summed E-state index contributed by atoms with van der Waals surface area (Å²) in [5.74, 6) is 2.57. The van der Waals surface area contributed by atoms with Gasteiger partial charge in [-0.25, -0.2) is 0 Å². The molecule has 0 aliphatic heterocycles. The Labute approximate surface area is 238 Å². The maximum absolute atomic E-state index is 6.46. The minimum atomic E-state index is 0.512. The van der Waals surface area contributed by atoms with Gasteiger partial charge in [-0.05, 0) is 92.3 Å². The molecule has 41 heavy (non-hydrogen) atoms. The fourth-order valence-electron chi connectivity index (χ4n) is 6.91. The Kier molecular flexibility index (Phi) is 4.68. The highest BCUT2D eigenvalue weighted by Crippen LogP contribution is 2.43. The summed E-state index contributed by atoms with van der Waals surface area (Å²) in [4.78, 5) is 0. The Bertz CT molecular complexity index is 2280. The summed E-state index contributed by atoms with van der Waals surface area (Å²) in [6.07, 6.45) is 5.45. The average Bonchev–Trinajstić information content (AvgIpc) is 3.61. The molecule has 2 aromatic heterocycles. The SMILES string of the molecule is CC1C=Cc2cc(-c3ccc4ccc5cc(-c6cc7ccccc7n6-c6ccccc6)cc6ccc3c4c56)oc2C1. The predicted molar refractivity (Wildman–Crippen MR) is 172 cm³/mol. The highest BCUT2D eigenvalue weighted by atomic mass is 16.3. The quantitative estimate of drug-likeness (QED) is 0.210. The van der Waals surface area contributed by atoms with Gasteiger partial charge in [0.1, 0.15) is 11.5 Å². The van der Waals surface area contributed by atoms with Crippen LogP contribution in [0.4, 0.5) is 0 Å². The Hall–Kier alpha value is -5.08. The highest BCUT2D eigenvalue weighted by molar-refractivity contribution is 6.26. The van der Waals surface area contributed by atoms with Crippen molar-refractivity contribution in [3.05, 3.63) is 133 Å². The summed E-state index contributed by atoms with van der Waals surface area (Å²) >= 11 is 0. The maximum atomic E-state index is 6.46. The van der Waals surface area contributed by atoms with Gasteiger partial charge in [-0.2, -0.15) is 0 Å². The van der Waals surface area contributed by atoms with E-state index >= 15 is 0 Å². The Morgan fingerprint density at radius 1 is 0.683 bits per heavy atom. The summed E-state index contributed by atoms with van der Waals surface area (Å²) in [6, 6.07) is 42.2. The predicted octanol–water partition coefficient (Wildman–Crippen LogP) is 10.7. The van der Waals surface area contributed by atoms with E-state index in [1.54, 1.807) is 0 Å². The van der Waals surface area contributed by atoms with Crippen LogP contribution >= 0.6 is 0 Å². The third-order valence-electron chi connectivity index (χ3n) is 8.84. The van der Waals surface area contributed by atoms with Crippen molar-refractivity contribution in [1.29, 1.82) is 0 Å². The normalized spacial score (nSPS) is 15.0. The molecule has 194 valence electrons. The van der Waals surface area contributed by atoms with Gasteiger partial charge in [0.2, 0.25) is 0 Å². The lowest BCUT2D eigenvalue weighted by Gasteiger charge is -2.16. The molecule has 0 amide bonds. The molecule has 0 spiro atoms. The molecule has 6 aromatic carbocycles. The smallest absolute Gasteiger partial charge is 0.135 e. The second-order valence-corrected chi connectivity index (χ2v) is 11.5. The number of nitrogens with zero attached hydrogens (tertiary/aromatic N) is 1. The number of para-hydroxylation sites is 2. The average molecular weight is 526 g/mol. The third-order valence-corrected chi connectivity index (χ3v) is 8.84. The molecule has 2 heterocycles. The van der Waals surface area contributed by atoms with E-state index in [-0.39, 0.29) is 0 Å². The first-order chi connectivity index (χ1) is 20.2. The van der Waals surface area contributed by atoms with Crippen molar-refractivity contribution in [2.45, 2.75) is 13.3 Å². The Balaban J connectivity index is 1.27. The first-order valence-electron chi connectivity index (χ1n) is 14.4. The van der Waals surface area contributed by atoms with Crippen LogP contribution in [0.1, 0.15) is 18.2 Å². The zero-order valence-corrected chi connectivity index (χ0v) is 22.8. The van der Waals surface area contributed by atoms with E-state index in [4.69, 9.17) is 4.42 Å². The second-order valence-electron chi connectivity index (χ2n) is 11.5. The van der Waals surface area contributed by atoms with Gasteiger partial charge in [-0.15, -0.1) is 0 Å². The minimum Gasteiger partial charge on any atom is -0.460 e. The first-order valence-corrected chi connectivity index (χ1v) is 14.4. The van der Waals surface area contributed by atoms with Crippen LogP contribution in [0, 0.1) is 5.92 Å². The van der Waals surface area contributed by atoms with Crippen LogP contribution < -0.4 is 0 Å². The molecule has 2 nitrogen and oxygen atoms in total. The molecule has 0 bridgehead atoms. The largest absolute Gasteiger partial charge is 0.460 e. The van der Waals surface area contributed by atoms with E-state index < -0.39 is 0 Å². The summed E-state index contributed by atoms with van der Waals surface area (Å²) in [6.45, 7) is 2.24. The lowest BCUT2D eigenvalue weighted by Crippen LogP contribution is -1.99. The van der Waals surface area contributed by atoms with E-state index in [1.165, 1.54) is 65.7 Å². The number of furan rings is 1. The summed E-state index contributed by atoms with van der Waals surface area (Å²) in [5, 5.41) is 8.89. The monoisotopic (exact) mass is 525 g/mol. The maximum Gasteiger partial charge on any atom is 0.135 e. The van der Waals surface area contributed by atoms with E-state index in [0.717, 1.165) is 23.5 Å². The van der Waals surface area contributed by atoms with Crippen LogP contribution in [0.2, 0.25) is 0 Å². The van der Waals surface area contributed by atoms with Crippen molar-refractivity contribution in [3.8, 4) is 28.3 Å². The molecule has 0 N–H and O–H groups in total. The van der Waals surface area contributed by atoms with Gasteiger partial charge in [0, 0.05) is 28.6 Å². The van der Waals surface area contributed by atoms with E-state index in [9.17, 15) is 0 Å². The molecule has 2 heteroatoms. The van der Waals surface area contributed by atoms with E-state index in [2.05, 4.69) is 139 Å². The van der Waals surface area contributed by atoms with Crippen LogP contribution in [0.25, 0.3) is 77.6 Å². The molecule has 0 saturated carbocycles. The van der Waals surface area contributed by atoms with Crippen LogP contribution in [0.15, 0.2) is 126 Å². The van der Waals surface area contributed by atoms with Crippen LogP contribution in [0.3, 0.4) is 0 Å². The zero-order chi connectivity index (χ0) is 27.1. The fraction of sp³-hybridized carbons (Fsp3) is 0.0769. The molecule has 0 radical (unpaired) electrons. The summed E-state index contributed by atoms with van der Waals surface area (Å²) < 4.78 is 8.84. The van der Waals surface area contributed by atoms with Gasteiger partial charge in [0.15, 0.2) is 0 Å². The lowest BCUT2D eigenvalue weighted by molar-refractivity contribution is 0.493. The van der Waals surface area contributed by atoms with Gasteiger partial charge >= 0.3 is 0 Å². The minimum absolute atomic E-state index is 0.512. The number of benzene rings is 6. The van der Waals surface area contributed by atoms with Gasteiger partial charge in [-0.1, -0.05) is 85.8 Å².